The second-order valence-electron chi connectivity index (χ2n) is 6.36. The second-order valence-corrected chi connectivity index (χ2v) is 6.36. The Bertz CT molecular complexity index is 774. The van der Waals surface area contributed by atoms with Crippen molar-refractivity contribution in [3.63, 3.8) is 0 Å². The van der Waals surface area contributed by atoms with E-state index in [1.54, 1.807) is 12.1 Å². The largest absolute Gasteiger partial charge is 0.294 e. The van der Waals surface area contributed by atoms with Crippen LogP contribution >= 0.6 is 0 Å². The molecule has 0 fully saturated rings. The molecule has 3 heteroatoms. The van der Waals surface area contributed by atoms with Gasteiger partial charge in [0.15, 0.2) is 5.78 Å². The van der Waals surface area contributed by atoms with E-state index in [1.807, 2.05) is 36.4 Å². The molecule has 0 saturated heterocycles. The minimum atomic E-state index is -0.323. The smallest absolute Gasteiger partial charge is 0.164 e. The third-order valence-corrected chi connectivity index (χ3v) is 4.32. The van der Waals surface area contributed by atoms with Gasteiger partial charge in [-0.3, -0.25) is 9.69 Å². The molecule has 0 aliphatic rings. The Kier molecular flexibility index (Phi) is 6.29. The van der Waals surface area contributed by atoms with Crippen molar-refractivity contribution < 1.29 is 9.18 Å². The van der Waals surface area contributed by atoms with Crippen molar-refractivity contribution in [2.24, 2.45) is 0 Å². The number of carbonyl (C=O) groups excluding carboxylic acids is 1. The highest BCUT2D eigenvalue weighted by atomic mass is 19.1. The first kappa shape index (κ1) is 18.0. The maximum absolute atomic E-state index is 13.0. The van der Waals surface area contributed by atoms with Gasteiger partial charge in [0.2, 0.25) is 0 Å². The van der Waals surface area contributed by atoms with Gasteiger partial charge in [-0.05, 0) is 35.4 Å². The fraction of sp³-hybridized carbons (Fsp3) is 0.174. The molecule has 3 aromatic rings. The van der Waals surface area contributed by atoms with Crippen LogP contribution < -0.4 is 0 Å². The zero-order valence-electron chi connectivity index (χ0n) is 14.6. The van der Waals surface area contributed by atoms with Gasteiger partial charge in [-0.1, -0.05) is 60.7 Å². The molecule has 0 spiro atoms. The molecule has 132 valence electrons. The van der Waals surface area contributed by atoms with Gasteiger partial charge < -0.3 is 0 Å². The van der Waals surface area contributed by atoms with Gasteiger partial charge in [0.25, 0.3) is 0 Å². The normalized spacial score (nSPS) is 10.8. The molecule has 0 radical (unpaired) electrons. The lowest BCUT2D eigenvalue weighted by Crippen LogP contribution is -2.25. The highest BCUT2D eigenvalue weighted by Gasteiger charge is 2.12. The summed E-state index contributed by atoms with van der Waals surface area (Å²) in [7, 11) is 0. The first-order valence-electron chi connectivity index (χ1n) is 8.80. The summed E-state index contributed by atoms with van der Waals surface area (Å²) < 4.78 is 13.0. The Balaban J connectivity index is 1.66. The van der Waals surface area contributed by atoms with E-state index >= 15 is 0 Å². The number of halogens is 1. The minimum absolute atomic E-state index is 0.0381. The van der Waals surface area contributed by atoms with Gasteiger partial charge in [0.05, 0.1) is 0 Å². The van der Waals surface area contributed by atoms with Crippen molar-refractivity contribution in [2.45, 2.75) is 19.5 Å². The molecular weight excluding hydrogens is 325 g/mol. The Hall–Kier alpha value is -2.78. The summed E-state index contributed by atoms with van der Waals surface area (Å²) in [4.78, 5) is 14.7. The number of carbonyl (C=O) groups is 1. The zero-order chi connectivity index (χ0) is 18.2. The van der Waals surface area contributed by atoms with Gasteiger partial charge >= 0.3 is 0 Å². The molecule has 0 unspecified atom stereocenters. The van der Waals surface area contributed by atoms with Gasteiger partial charge in [-0.2, -0.15) is 0 Å². The average Bonchev–Trinajstić information content (AvgIpc) is 2.68. The Morgan fingerprint density at radius 3 is 1.73 bits per heavy atom. The molecule has 3 rings (SSSR count). The molecule has 2 nitrogen and oxygen atoms in total. The minimum Gasteiger partial charge on any atom is -0.294 e. The molecule has 0 aliphatic heterocycles. The van der Waals surface area contributed by atoms with Gasteiger partial charge in [-0.15, -0.1) is 0 Å². The molecule has 0 aromatic heterocycles. The maximum Gasteiger partial charge on any atom is 0.164 e. The van der Waals surface area contributed by atoms with Crippen LogP contribution in [0.15, 0.2) is 84.9 Å². The van der Waals surface area contributed by atoms with E-state index in [9.17, 15) is 9.18 Å². The van der Waals surface area contributed by atoms with Crippen LogP contribution in [0.4, 0.5) is 4.39 Å². The Morgan fingerprint density at radius 1 is 0.731 bits per heavy atom. The lowest BCUT2D eigenvalue weighted by Gasteiger charge is -2.22. The van der Waals surface area contributed by atoms with E-state index in [4.69, 9.17) is 0 Å². The summed E-state index contributed by atoms with van der Waals surface area (Å²) in [6.45, 7) is 2.22. The molecule has 0 heterocycles. The fourth-order valence-electron chi connectivity index (χ4n) is 2.94. The molecule has 0 bridgehead atoms. The Labute approximate surface area is 153 Å². The van der Waals surface area contributed by atoms with E-state index in [1.165, 1.54) is 23.3 Å². The first-order valence-corrected chi connectivity index (χ1v) is 8.80. The molecule has 0 N–H and O–H groups in total. The third-order valence-electron chi connectivity index (χ3n) is 4.32. The molecule has 26 heavy (non-hydrogen) atoms. The third kappa shape index (κ3) is 5.36. The van der Waals surface area contributed by atoms with Crippen molar-refractivity contribution in [2.75, 3.05) is 6.54 Å². The number of rotatable bonds is 8. The van der Waals surface area contributed by atoms with Crippen molar-refractivity contribution >= 4 is 5.78 Å². The van der Waals surface area contributed by atoms with Crippen LogP contribution in [0, 0.1) is 5.82 Å². The SMILES string of the molecule is O=C(CCN(Cc1ccccc1)Cc1ccccc1)c1ccc(F)cc1. The number of benzene rings is 3. The average molecular weight is 347 g/mol. The van der Waals surface area contributed by atoms with Crippen LogP contribution in [-0.2, 0) is 13.1 Å². The summed E-state index contributed by atoms with van der Waals surface area (Å²) in [6.07, 6.45) is 0.408. The predicted octanol–water partition coefficient (Wildman–Crippen LogP) is 5.10. The van der Waals surface area contributed by atoms with E-state index < -0.39 is 0 Å². The molecule has 0 aliphatic carbocycles. The van der Waals surface area contributed by atoms with Crippen LogP contribution in [-0.4, -0.2) is 17.2 Å². The topological polar surface area (TPSA) is 20.3 Å². The summed E-state index contributed by atoms with van der Waals surface area (Å²) in [5.41, 5.74) is 3.00. The predicted molar refractivity (Wildman–Crippen MR) is 102 cm³/mol. The molecule has 3 aromatic carbocycles. The summed E-state index contributed by atoms with van der Waals surface area (Å²) in [5, 5.41) is 0. The van der Waals surface area contributed by atoms with Gasteiger partial charge in [0, 0.05) is 31.6 Å². The lowest BCUT2D eigenvalue weighted by atomic mass is 10.1. The van der Waals surface area contributed by atoms with Crippen LogP contribution in [0.3, 0.4) is 0 Å². The van der Waals surface area contributed by atoms with Crippen LogP contribution in [0.2, 0.25) is 0 Å². The van der Waals surface area contributed by atoms with E-state index in [0.717, 1.165) is 13.1 Å². The van der Waals surface area contributed by atoms with Crippen molar-refractivity contribution in [1.82, 2.24) is 4.90 Å². The molecule has 0 saturated carbocycles. The summed E-state index contributed by atoms with van der Waals surface area (Å²) >= 11 is 0. The monoisotopic (exact) mass is 347 g/mol. The van der Waals surface area contributed by atoms with Gasteiger partial charge in [-0.25, -0.2) is 4.39 Å². The van der Waals surface area contributed by atoms with E-state index in [-0.39, 0.29) is 11.6 Å². The standard InChI is InChI=1S/C23H22FNO/c24-22-13-11-21(12-14-22)23(26)15-16-25(17-19-7-3-1-4-8-19)18-20-9-5-2-6-10-20/h1-14H,15-18H2. The number of hydrogen-bond acceptors (Lipinski definition) is 2. The Morgan fingerprint density at radius 2 is 1.23 bits per heavy atom. The highest BCUT2D eigenvalue weighted by molar-refractivity contribution is 5.96. The summed E-state index contributed by atoms with van der Waals surface area (Å²) in [5.74, 6) is -0.285. The summed E-state index contributed by atoms with van der Waals surface area (Å²) in [6, 6.07) is 26.3. The molecular formula is C23H22FNO. The number of hydrogen-bond donors (Lipinski definition) is 0. The fourth-order valence-corrected chi connectivity index (χ4v) is 2.94. The van der Waals surface area contributed by atoms with E-state index in [2.05, 4.69) is 29.2 Å². The first-order chi connectivity index (χ1) is 12.7. The molecule has 0 atom stereocenters. The zero-order valence-corrected chi connectivity index (χ0v) is 14.6. The number of Topliss-reactive ketones (excluding diaryl/α,β-unsaturated/α-hetero) is 1. The lowest BCUT2D eigenvalue weighted by molar-refractivity contribution is 0.0960. The van der Waals surface area contributed by atoms with Crippen molar-refractivity contribution in [3.05, 3.63) is 107 Å². The van der Waals surface area contributed by atoms with Crippen LogP contribution in [0.25, 0.3) is 0 Å². The second kappa shape index (κ2) is 9.07. The highest BCUT2D eigenvalue weighted by Crippen LogP contribution is 2.12. The number of nitrogens with zero attached hydrogens (tertiary/aromatic N) is 1. The van der Waals surface area contributed by atoms with Crippen molar-refractivity contribution in [1.29, 1.82) is 0 Å². The number of ketones is 1. The quantitative estimate of drug-likeness (QED) is 0.528. The maximum atomic E-state index is 13.0. The van der Waals surface area contributed by atoms with Gasteiger partial charge in [0.1, 0.15) is 5.82 Å². The molecule has 0 amide bonds. The van der Waals surface area contributed by atoms with Crippen molar-refractivity contribution in [3.8, 4) is 0 Å². The van der Waals surface area contributed by atoms with Crippen LogP contribution in [0.5, 0.6) is 0 Å². The van der Waals surface area contributed by atoms with E-state index in [0.29, 0.717) is 18.5 Å². The van der Waals surface area contributed by atoms with Crippen LogP contribution in [0.1, 0.15) is 27.9 Å².